The fraction of sp³-hybridized carbons (Fsp3) is 0.739. The van der Waals surface area contributed by atoms with Gasteiger partial charge in [-0.05, 0) is 76.4 Å². The Hall–Kier alpha value is -1.29. The maximum absolute atomic E-state index is 11.8. The Bertz CT molecular complexity index is 1060. The average molecular weight is 478 g/mol. The van der Waals surface area contributed by atoms with Crippen molar-refractivity contribution in [1.82, 2.24) is 19.6 Å². The fourth-order valence-corrected chi connectivity index (χ4v) is 7.29. The Morgan fingerprint density at radius 1 is 1.00 bits per heavy atom. The van der Waals surface area contributed by atoms with Crippen LogP contribution in [0.4, 0.5) is 5.82 Å². The van der Waals surface area contributed by atoms with Gasteiger partial charge in [0.25, 0.3) is 0 Å². The zero-order valence-corrected chi connectivity index (χ0v) is 20.7. The molecule has 0 aromatic carbocycles. The summed E-state index contributed by atoms with van der Waals surface area (Å²) in [6.07, 6.45) is 13.1. The van der Waals surface area contributed by atoms with Crippen molar-refractivity contribution in [2.24, 2.45) is 0 Å². The highest BCUT2D eigenvalue weighted by atomic mass is 32.2. The van der Waals surface area contributed by atoms with Crippen molar-refractivity contribution in [2.75, 3.05) is 37.3 Å². The highest BCUT2D eigenvalue weighted by Gasteiger charge is 2.30. The van der Waals surface area contributed by atoms with Crippen molar-refractivity contribution in [3.05, 3.63) is 16.3 Å². The van der Waals surface area contributed by atoms with Gasteiger partial charge >= 0.3 is 0 Å². The van der Waals surface area contributed by atoms with Gasteiger partial charge in [0.2, 0.25) is 10.0 Å². The third kappa shape index (κ3) is 4.95. The number of aryl methyl sites for hydroxylation is 2. The van der Waals surface area contributed by atoms with E-state index in [-0.39, 0.29) is 6.04 Å². The maximum atomic E-state index is 11.8. The molecule has 9 heteroatoms. The van der Waals surface area contributed by atoms with Crippen LogP contribution in [0.2, 0.25) is 0 Å². The molecule has 2 aliphatic heterocycles. The van der Waals surface area contributed by atoms with E-state index in [1.807, 2.05) is 11.3 Å². The van der Waals surface area contributed by atoms with E-state index < -0.39 is 10.0 Å². The first-order chi connectivity index (χ1) is 15.5. The van der Waals surface area contributed by atoms with Gasteiger partial charge in [-0.25, -0.2) is 23.1 Å². The summed E-state index contributed by atoms with van der Waals surface area (Å²) >= 11 is 1.87. The minimum Gasteiger partial charge on any atom is -0.352 e. The molecule has 0 bridgehead atoms. The number of rotatable bonds is 6. The number of nitrogens with zero attached hydrogens (tertiary/aromatic N) is 4. The van der Waals surface area contributed by atoms with Gasteiger partial charge < -0.3 is 4.90 Å². The molecule has 2 aromatic rings. The first-order valence-corrected chi connectivity index (χ1v) is 14.9. The van der Waals surface area contributed by atoms with Gasteiger partial charge in [-0.3, -0.25) is 4.90 Å². The molecule has 1 N–H and O–H groups in total. The predicted octanol–water partition coefficient (Wildman–Crippen LogP) is 3.46. The Labute approximate surface area is 195 Å². The van der Waals surface area contributed by atoms with Crippen LogP contribution in [0.15, 0.2) is 0 Å². The van der Waals surface area contributed by atoms with Crippen LogP contribution in [-0.4, -0.2) is 61.8 Å². The van der Waals surface area contributed by atoms with Crippen LogP contribution >= 0.6 is 11.3 Å². The Morgan fingerprint density at radius 2 is 1.78 bits per heavy atom. The molecule has 0 spiro atoms. The summed E-state index contributed by atoms with van der Waals surface area (Å²) < 4.78 is 26.3. The Morgan fingerprint density at radius 3 is 2.59 bits per heavy atom. The standard InChI is InChI=1S/C23H35N5O2S2/c1-32(29,30)24-15-17-9-5-8-14-28(17)22-21-18-10-3-4-11-19(18)31-23(21)26-20(25-22)16-27-12-6-2-7-13-27/h17,24H,2-16H2,1H3/t17-/m0/s1. The Kier molecular flexibility index (Phi) is 6.70. The lowest BCUT2D eigenvalue weighted by Crippen LogP contribution is -2.47. The zero-order chi connectivity index (χ0) is 22.1. The van der Waals surface area contributed by atoms with E-state index in [2.05, 4.69) is 14.5 Å². The molecule has 3 aliphatic rings. The number of piperidine rings is 2. The summed E-state index contributed by atoms with van der Waals surface area (Å²) in [6.45, 7) is 4.43. The van der Waals surface area contributed by atoms with Gasteiger partial charge in [0, 0.05) is 24.0 Å². The lowest BCUT2D eigenvalue weighted by Gasteiger charge is -2.37. The molecule has 2 fully saturated rings. The van der Waals surface area contributed by atoms with Gasteiger partial charge in [0.05, 0.1) is 18.2 Å². The summed E-state index contributed by atoms with van der Waals surface area (Å²) in [5.74, 6) is 1.98. The normalized spacial score (nSPS) is 22.9. The van der Waals surface area contributed by atoms with Crippen LogP contribution in [0, 0.1) is 0 Å². The molecule has 1 atom stereocenters. The Balaban J connectivity index is 1.54. The molecule has 5 rings (SSSR count). The van der Waals surface area contributed by atoms with Crippen LogP contribution in [-0.2, 0) is 29.4 Å². The first kappa shape index (κ1) is 22.5. The highest BCUT2D eigenvalue weighted by molar-refractivity contribution is 7.88. The first-order valence-electron chi connectivity index (χ1n) is 12.2. The van der Waals surface area contributed by atoms with Crippen LogP contribution in [0.5, 0.6) is 0 Å². The molecule has 176 valence electrons. The van der Waals surface area contributed by atoms with Gasteiger partial charge in [-0.2, -0.15) is 0 Å². The van der Waals surface area contributed by atoms with Gasteiger partial charge in [-0.15, -0.1) is 11.3 Å². The van der Waals surface area contributed by atoms with Crippen LogP contribution in [0.3, 0.4) is 0 Å². The summed E-state index contributed by atoms with van der Waals surface area (Å²) in [6, 6.07) is 0.138. The minimum atomic E-state index is -3.22. The second kappa shape index (κ2) is 9.52. The maximum Gasteiger partial charge on any atom is 0.208 e. The van der Waals surface area contributed by atoms with E-state index in [1.54, 1.807) is 0 Å². The smallest absolute Gasteiger partial charge is 0.208 e. The van der Waals surface area contributed by atoms with Crippen molar-refractivity contribution in [3.8, 4) is 0 Å². The molecule has 2 aromatic heterocycles. The van der Waals surface area contributed by atoms with E-state index in [1.165, 1.54) is 54.2 Å². The third-order valence-electron chi connectivity index (χ3n) is 7.14. The van der Waals surface area contributed by atoms with Gasteiger partial charge in [-0.1, -0.05) is 6.42 Å². The molecule has 1 aliphatic carbocycles. The second-order valence-corrected chi connectivity index (χ2v) is 12.6. The molecule has 0 unspecified atom stereocenters. The molecule has 0 saturated carbocycles. The molecule has 2 saturated heterocycles. The number of aromatic nitrogens is 2. The number of sulfonamides is 1. The number of hydrogen-bond acceptors (Lipinski definition) is 7. The number of hydrogen-bond donors (Lipinski definition) is 1. The number of likely N-dealkylation sites (tertiary alicyclic amines) is 1. The van der Waals surface area contributed by atoms with E-state index in [4.69, 9.17) is 9.97 Å². The molecular weight excluding hydrogens is 442 g/mol. The number of fused-ring (bicyclic) bond motifs is 3. The van der Waals surface area contributed by atoms with Crippen LogP contribution in [0.1, 0.15) is 67.6 Å². The molecule has 7 nitrogen and oxygen atoms in total. The average Bonchev–Trinajstić information content (AvgIpc) is 3.16. The summed E-state index contributed by atoms with van der Waals surface area (Å²) in [7, 11) is -3.22. The van der Waals surface area contributed by atoms with Crippen molar-refractivity contribution in [2.45, 2.75) is 76.8 Å². The van der Waals surface area contributed by atoms with E-state index in [9.17, 15) is 8.42 Å². The van der Waals surface area contributed by atoms with E-state index >= 15 is 0 Å². The van der Waals surface area contributed by atoms with Gasteiger partial charge in [0.15, 0.2) is 0 Å². The third-order valence-corrected chi connectivity index (χ3v) is 9.01. The van der Waals surface area contributed by atoms with E-state index in [0.717, 1.165) is 74.8 Å². The van der Waals surface area contributed by atoms with Crippen molar-refractivity contribution in [3.63, 3.8) is 0 Å². The minimum absolute atomic E-state index is 0.138. The number of nitrogens with one attached hydrogen (secondary N) is 1. The molecular formula is C23H35N5O2S2. The number of anilines is 1. The van der Waals surface area contributed by atoms with E-state index in [0.29, 0.717) is 6.54 Å². The van der Waals surface area contributed by atoms with Crippen molar-refractivity contribution in [1.29, 1.82) is 0 Å². The molecule has 0 radical (unpaired) electrons. The number of thiophene rings is 1. The van der Waals surface area contributed by atoms with Crippen molar-refractivity contribution < 1.29 is 8.42 Å². The zero-order valence-electron chi connectivity index (χ0n) is 19.1. The van der Waals surface area contributed by atoms with Gasteiger partial charge in [0.1, 0.15) is 16.5 Å². The molecule has 4 heterocycles. The lowest BCUT2D eigenvalue weighted by atomic mass is 9.96. The van der Waals surface area contributed by atoms with Crippen LogP contribution in [0.25, 0.3) is 10.2 Å². The molecule has 32 heavy (non-hydrogen) atoms. The second-order valence-electron chi connectivity index (χ2n) is 9.65. The quantitative estimate of drug-likeness (QED) is 0.686. The fourth-order valence-electron chi connectivity index (χ4n) is 5.52. The van der Waals surface area contributed by atoms with Crippen LogP contribution < -0.4 is 9.62 Å². The summed E-state index contributed by atoms with van der Waals surface area (Å²) in [5, 5.41) is 1.25. The largest absolute Gasteiger partial charge is 0.352 e. The summed E-state index contributed by atoms with van der Waals surface area (Å²) in [4.78, 5) is 17.8. The highest BCUT2D eigenvalue weighted by Crippen LogP contribution is 2.41. The summed E-state index contributed by atoms with van der Waals surface area (Å²) in [5.41, 5.74) is 1.45. The predicted molar refractivity (Wildman–Crippen MR) is 131 cm³/mol. The monoisotopic (exact) mass is 477 g/mol. The van der Waals surface area contributed by atoms with Crippen molar-refractivity contribution >= 4 is 37.4 Å². The topological polar surface area (TPSA) is 78.4 Å². The lowest BCUT2D eigenvalue weighted by molar-refractivity contribution is 0.216. The SMILES string of the molecule is CS(=O)(=O)NC[C@@H]1CCCCN1c1nc(CN2CCCCC2)nc2sc3c(c12)CCCC3. The molecule has 0 amide bonds.